The molecule has 6 heteroatoms. The van der Waals surface area contributed by atoms with Crippen LogP contribution in [0.2, 0.25) is 5.02 Å². The van der Waals surface area contributed by atoms with Crippen molar-refractivity contribution in [3.8, 4) is 0 Å². The van der Waals surface area contributed by atoms with Gasteiger partial charge >= 0.3 is 5.97 Å². The summed E-state index contributed by atoms with van der Waals surface area (Å²) in [4.78, 5) is 23.3. The van der Waals surface area contributed by atoms with Gasteiger partial charge in [-0.15, -0.1) is 11.3 Å². The number of carboxylic acid groups (broad SMARTS) is 1. The van der Waals surface area contributed by atoms with Crippen LogP contribution in [0.4, 0.5) is 0 Å². The van der Waals surface area contributed by atoms with Gasteiger partial charge in [0.05, 0.1) is 10.9 Å². The summed E-state index contributed by atoms with van der Waals surface area (Å²) in [5, 5.41) is 13.9. The number of hydrogen-bond donors (Lipinski definition) is 2. The van der Waals surface area contributed by atoms with Crippen LogP contribution in [0.25, 0.3) is 0 Å². The number of rotatable bonds is 5. The van der Waals surface area contributed by atoms with Crippen molar-refractivity contribution in [2.24, 2.45) is 11.8 Å². The van der Waals surface area contributed by atoms with Crippen LogP contribution in [0.3, 0.4) is 0 Å². The van der Waals surface area contributed by atoms with E-state index < -0.39 is 11.9 Å². The van der Waals surface area contributed by atoms with E-state index in [9.17, 15) is 9.59 Å². The molecule has 4 nitrogen and oxygen atoms in total. The summed E-state index contributed by atoms with van der Waals surface area (Å²) in [6.07, 6.45) is 0. The lowest BCUT2D eigenvalue weighted by atomic mass is 9.96. The maximum absolute atomic E-state index is 11.9. The summed E-state index contributed by atoms with van der Waals surface area (Å²) in [6.45, 7) is 5.56. The molecule has 0 aromatic carbocycles. The average Bonchev–Trinajstić information content (AvgIpc) is 2.58. The van der Waals surface area contributed by atoms with Gasteiger partial charge in [-0.3, -0.25) is 9.59 Å². The van der Waals surface area contributed by atoms with Gasteiger partial charge in [-0.2, -0.15) is 0 Å². The van der Waals surface area contributed by atoms with Crippen LogP contribution >= 0.6 is 22.9 Å². The Bertz CT molecular complexity index is 456. The molecule has 0 bridgehead atoms. The second-order valence-corrected chi connectivity index (χ2v) is 5.72. The highest BCUT2D eigenvalue weighted by Crippen LogP contribution is 2.26. The Morgan fingerprint density at radius 3 is 2.50 bits per heavy atom. The Kier molecular flexibility index (Phi) is 5.16. The van der Waals surface area contributed by atoms with Gasteiger partial charge in [0.1, 0.15) is 4.88 Å². The minimum absolute atomic E-state index is 0.0386. The number of aryl methyl sites for hydroxylation is 1. The molecule has 0 radical (unpaired) electrons. The molecular weight excluding hydrogens is 274 g/mol. The van der Waals surface area contributed by atoms with E-state index in [-0.39, 0.29) is 18.4 Å². The monoisotopic (exact) mass is 289 g/mol. The Balaban J connectivity index is 2.66. The van der Waals surface area contributed by atoms with E-state index in [1.54, 1.807) is 5.38 Å². The minimum atomic E-state index is -0.904. The molecule has 1 unspecified atom stereocenters. The fourth-order valence-electron chi connectivity index (χ4n) is 1.47. The zero-order valence-corrected chi connectivity index (χ0v) is 12.1. The molecule has 1 heterocycles. The molecule has 100 valence electrons. The summed E-state index contributed by atoms with van der Waals surface area (Å²) in [5.74, 6) is -1.85. The van der Waals surface area contributed by atoms with Crippen LogP contribution in [0.1, 0.15) is 29.1 Å². The first kappa shape index (κ1) is 15.0. The highest BCUT2D eigenvalue weighted by molar-refractivity contribution is 7.13. The molecule has 1 atom stereocenters. The maximum atomic E-state index is 11.9. The van der Waals surface area contributed by atoms with Crippen molar-refractivity contribution in [3.05, 3.63) is 20.8 Å². The summed E-state index contributed by atoms with van der Waals surface area (Å²) in [6, 6.07) is 0. The fraction of sp³-hybridized carbons (Fsp3) is 0.500. The molecule has 0 aliphatic heterocycles. The van der Waals surface area contributed by atoms with Crippen molar-refractivity contribution in [1.82, 2.24) is 5.32 Å². The quantitative estimate of drug-likeness (QED) is 0.876. The third-order valence-electron chi connectivity index (χ3n) is 2.71. The van der Waals surface area contributed by atoms with Crippen molar-refractivity contribution >= 4 is 34.8 Å². The van der Waals surface area contributed by atoms with Crippen molar-refractivity contribution in [1.29, 1.82) is 0 Å². The first-order valence-electron chi connectivity index (χ1n) is 5.59. The molecule has 0 saturated carbocycles. The van der Waals surface area contributed by atoms with Gasteiger partial charge in [0.25, 0.3) is 5.91 Å². The van der Waals surface area contributed by atoms with Crippen molar-refractivity contribution in [3.63, 3.8) is 0 Å². The number of amides is 1. The number of aliphatic carboxylic acids is 1. The zero-order valence-electron chi connectivity index (χ0n) is 10.5. The van der Waals surface area contributed by atoms with Crippen LogP contribution in [0.15, 0.2) is 5.38 Å². The normalized spacial score (nSPS) is 12.5. The largest absolute Gasteiger partial charge is 0.481 e. The summed E-state index contributed by atoms with van der Waals surface area (Å²) < 4.78 is 0. The Labute approximate surface area is 115 Å². The molecule has 0 aliphatic carbocycles. The Morgan fingerprint density at radius 2 is 2.11 bits per heavy atom. The molecule has 2 N–H and O–H groups in total. The molecule has 1 aromatic rings. The zero-order chi connectivity index (χ0) is 13.9. The third-order valence-corrected chi connectivity index (χ3v) is 4.41. The predicted octanol–water partition coefficient (Wildman–Crippen LogP) is 2.80. The summed E-state index contributed by atoms with van der Waals surface area (Å²) in [7, 11) is 0. The number of thiophene rings is 1. The lowest BCUT2D eigenvalue weighted by molar-refractivity contribution is -0.142. The molecule has 0 spiro atoms. The van der Waals surface area contributed by atoms with E-state index in [0.717, 1.165) is 5.56 Å². The first-order valence-corrected chi connectivity index (χ1v) is 6.85. The smallest absolute Gasteiger partial charge is 0.308 e. The first-order chi connectivity index (χ1) is 8.34. The number of carboxylic acids is 1. The van der Waals surface area contributed by atoms with Gasteiger partial charge in [-0.05, 0) is 23.8 Å². The van der Waals surface area contributed by atoms with Gasteiger partial charge in [0.15, 0.2) is 0 Å². The van der Waals surface area contributed by atoms with Crippen LogP contribution in [-0.4, -0.2) is 23.5 Å². The third kappa shape index (κ3) is 3.46. The maximum Gasteiger partial charge on any atom is 0.308 e. The van der Waals surface area contributed by atoms with Gasteiger partial charge < -0.3 is 10.4 Å². The number of hydrogen-bond acceptors (Lipinski definition) is 3. The SMILES string of the molecule is Cc1csc(C(=O)NCC(C(=O)O)C(C)C)c1Cl. The Morgan fingerprint density at radius 1 is 1.50 bits per heavy atom. The Hall–Kier alpha value is -1.07. The summed E-state index contributed by atoms with van der Waals surface area (Å²) >= 11 is 7.24. The number of halogens is 1. The molecule has 1 aromatic heterocycles. The van der Waals surface area contributed by atoms with E-state index in [0.29, 0.717) is 9.90 Å². The molecule has 1 rings (SSSR count). The van der Waals surface area contributed by atoms with E-state index in [4.69, 9.17) is 16.7 Å². The lowest BCUT2D eigenvalue weighted by Crippen LogP contribution is -2.35. The van der Waals surface area contributed by atoms with Gasteiger partial charge in [0.2, 0.25) is 0 Å². The molecular formula is C12H16ClNO3S. The van der Waals surface area contributed by atoms with E-state index in [1.165, 1.54) is 11.3 Å². The molecule has 0 saturated heterocycles. The lowest BCUT2D eigenvalue weighted by Gasteiger charge is -2.16. The molecule has 1 amide bonds. The van der Waals surface area contributed by atoms with Crippen molar-refractivity contribution < 1.29 is 14.7 Å². The van der Waals surface area contributed by atoms with Crippen molar-refractivity contribution in [2.45, 2.75) is 20.8 Å². The van der Waals surface area contributed by atoms with Crippen LogP contribution in [0.5, 0.6) is 0 Å². The highest BCUT2D eigenvalue weighted by Gasteiger charge is 2.23. The average molecular weight is 290 g/mol. The van der Waals surface area contributed by atoms with Crippen LogP contribution < -0.4 is 5.32 Å². The van der Waals surface area contributed by atoms with Crippen LogP contribution in [-0.2, 0) is 4.79 Å². The van der Waals surface area contributed by atoms with Crippen LogP contribution in [0, 0.1) is 18.8 Å². The summed E-state index contributed by atoms with van der Waals surface area (Å²) in [5.41, 5.74) is 0.852. The topological polar surface area (TPSA) is 66.4 Å². The van der Waals surface area contributed by atoms with Crippen molar-refractivity contribution in [2.75, 3.05) is 6.54 Å². The minimum Gasteiger partial charge on any atom is -0.481 e. The molecule has 0 fully saturated rings. The van der Waals surface area contributed by atoms with E-state index in [2.05, 4.69) is 5.32 Å². The second kappa shape index (κ2) is 6.20. The van der Waals surface area contributed by atoms with Gasteiger partial charge in [-0.1, -0.05) is 25.4 Å². The molecule has 0 aliphatic rings. The van der Waals surface area contributed by atoms with Gasteiger partial charge in [-0.25, -0.2) is 0 Å². The molecule has 18 heavy (non-hydrogen) atoms. The van der Waals surface area contributed by atoms with E-state index >= 15 is 0 Å². The predicted molar refractivity (Wildman–Crippen MR) is 72.4 cm³/mol. The standard InChI is InChI=1S/C12H16ClNO3S/c1-6(2)8(12(16)17)4-14-11(15)10-9(13)7(3)5-18-10/h5-6,8H,4H2,1-3H3,(H,14,15)(H,16,17). The number of nitrogens with one attached hydrogen (secondary N) is 1. The fourth-order valence-corrected chi connectivity index (χ4v) is 2.67. The number of carbonyl (C=O) groups excluding carboxylic acids is 1. The number of carbonyl (C=O) groups is 2. The van der Waals surface area contributed by atoms with Gasteiger partial charge in [0, 0.05) is 6.54 Å². The second-order valence-electron chi connectivity index (χ2n) is 4.46. The van der Waals surface area contributed by atoms with E-state index in [1.807, 2.05) is 20.8 Å². The highest BCUT2D eigenvalue weighted by atomic mass is 35.5.